The first kappa shape index (κ1) is 12.1. The maximum atomic E-state index is 4.57. The van der Waals surface area contributed by atoms with E-state index >= 15 is 0 Å². The van der Waals surface area contributed by atoms with Crippen molar-refractivity contribution in [3.8, 4) is 0 Å². The SMILES string of the molecule is CCSC(C)/N=C(\NC)c1nccn1C. The van der Waals surface area contributed by atoms with Gasteiger partial charge in [-0.1, -0.05) is 6.92 Å². The normalized spacial score (nSPS) is 14.0. The molecule has 1 aromatic rings. The van der Waals surface area contributed by atoms with Crippen LogP contribution in [0.3, 0.4) is 0 Å². The second kappa shape index (κ2) is 5.80. The largest absolute Gasteiger partial charge is 0.370 e. The van der Waals surface area contributed by atoms with Crippen molar-refractivity contribution in [3.63, 3.8) is 0 Å². The topological polar surface area (TPSA) is 42.2 Å². The van der Waals surface area contributed by atoms with Gasteiger partial charge in [-0.05, 0) is 12.7 Å². The van der Waals surface area contributed by atoms with Gasteiger partial charge in [-0.2, -0.15) is 0 Å². The molecule has 0 aliphatic rings. The van der Waals surface area contributed by atoms with Gasteiger partial charge in [-0.3, -0.25) is 4.99 Å². The van der Waals surface area contributed by atoms with E-state index in [-0.39, 0.29) is 5.37 Å². The van der Waals surface area contributed by atoms with Crippen LogP contribution in [0.5, 0.6) is 0 Å². The number of nitrogens with zero attached hydrogens (tertiary/aromatic N) is 3. The van der Waals surface area contributed by atoms with E-state index in [4.69, 9.17) is 0 Å². The lowest BCUT2D eigenvalue weighted by molar-refractivity contribution is 0.876. The molecule has 5 heteroatoms. The lowest BCUT2D eigenvalue weighted by Crippen LogP contribution is -2.24. The molecule has 0 aliphatic heterocycles. The van der Waals surface area contributed by atoms with E-state index in [2.05, 4.69) is 29.1 Å². The van der Waals surface area contributed by atoms with Crippen LogP contribution < -0.4 is 5.32 Å². The fourth-order valence-electron chi connectivity index (χ4n) is 1.29. The lowest BCUT2D eigenvalue weighted by Gasteiger charge is -2.09. The smallest absolute Gasteiger partial charge is 0.175 e. The summed E-state index contributed by atoms with van der Waals surface area (Å²) in [5, 5.41) is 3.35. The summed E-state index contributed by atoms with van der Waals surface area (Å²) in [6, 6.07) is 0. The van der Waals surface area contributed by atoms with Crippen LogP contribution in [0, 0.1) is 0 Å². The number of imidazole rings is 1. The standard InChI is InChI=1S/C10H18N4S/c1-5-15-8(2)13-9(11-3)10-12-6-7-14(10)4/h6-8H,5H2,1-4H3,(H,11,13). The van der Waals surface area contributed by atoms with Crippen LogP contribution >= 0.6 is 11.8 Å². The number of aryl methyl sites for hydroxylation is 1. The second-order valence-electron chi connectivity index (χ2n) is 3.14. The third-order valence-corrected chi connectivity index (χ3v) is 2.91. The van der Waals surface area contributed by atoms with E-state index in [1.807, 2.05) is 36.6 Å². The summed E-state index contributed by atoms with van der Waals surface area (Å²) in [6.07, 6.45) is 3.69. The average molecular weight is 226 g/mol. The van der Waals surface area contributed by atoms with E-state index in [0.717, 1.165) is 17.4 Å². The van der Waals surface area contributed by atoms with Crippen LogP contribution in [0.1, 0.15) is 19.7 Å². The highest BCUT2D eigenvalue weighted by molar-refractivity contribution is 7.99. The Kier molecular flexibility index (Phi) is 4.68. The third kappa shape index (κ3) is 3.27. The molecular formula is C10H18N4S. The first-order valence-electron chi connectivity index (χ1n) is 5.03. The molecule has 0 aliphatic carbocycles. The zero-order valence-corrected chi connectivity index (χ0v) is 10.5. The zero-order valence-electron chi connectivity index (χ0n) is 9.69. The summed E-state index contributed by atoms with van der Waals surface area (Å²) in [5.74, 6) is 2.79. The molecule has 15 heavy (non-hydrogen) atoms. The fourth-order valence-corrected chi connectivity index (χ4v) is 1.95. The molecule has 4 nitrogen and oxygen atoms in total. The zero-order chi connectivity index (χ0) is 11.3. The number of aliphatic imine (C=N–C) groups is 1. The van der Waals surface area contributed by atoms with Crippen LogP contribution in [0.2, 0.25) is 0 Å². The molecule has 1 unspecified atom stereocenters. The Balaban J connectivity index is 2.84. The van der Waals surface area contributed by atoms with E-state index in [0.29, 0.717) is 0 Å². The Labute approximate surface area is 95.2 Å². The van der Waals surface area contributed by atoms with Gasteiger partial charge in [0.15, 0.2) is 11.7 Å². The Morgan fingerprint density at radius 1 is 1.73 bits per heavy atom. The molecule has 0 amide bonds. The van der Waals surface area contributed by atoms with Crippen LogP contribution in [-0.2, 0) is 7.05 Å². The van der Waals surface area contributed by atoms with Gasteiger partial charge in [0.05, 0.1) is 5.37 Å². The molecule has 0 saturated heterocycles. The summed E-state index contributed by atoms with van der Waals surface area (Å²) >= 11 is 1.81. The fraction of sp³-hybridized carbons (Fsp3) is 0.600. The van der Waals surface area contributed by atoms with Gasteiger partial charge in [0.2, 0.25) is 0 Å². The molecule has 84 valence electrons. The molecule has 1 rings (SSSR count). The van der Waals surface area contributed by atoms with Crippen molar-refractivity contribution >= 4 is 17.6 Å². The highest BCUT2D eigenvalue weighted by Crippen LogP contribution is 2.11. The first-order chi connectivity index (χ1) is 7.19. The summed E-state index contributed by atoms with van der Waals surface area (Å²) in [6.45, 7) is 4.23. The van der Waals surface area contributed by atoms with Crippen molar-refractivity contribution in [2.24, 2.45) is 12.0 Å². The van der Waals surface area contributed by atoms with Crippen LogP contribution in [-0.4, -0.2) is 33.6 Å². The number of amidine groups is 1. The molecule has 1 atom stereocenters. The van der Waals surface area contributed by atoms with Crippen molar-refractivity contribution in [1.82, 2.24) is 14.9 Å². The minimum atomic E-state index is 0.258. The summed E-state index contributed by atoms with van der Waals surface area (Å²) < 4.78 is 1.96. The van der Waals surface area contributed by atoms with E-state index in [1.165, 1.54) is 0 Å². The molecule has 0 spiro atoms. The van der Waals surface area contributed by atoms with Gasteiger partial charge < -0.3 is 9.88 Å². The predicted molar refractivity (Wildman–Crippen MR) is 66.4 cm³/mol. The Morgan fingerprint density at radius 2 is 2.47 bits per heavy atom. The number of thioether (sulfide) groups is 1. The van der Waals surface area contributed by atoms with Crippen LogP contribution in [0.25, 0.3) is 0 Å². The second-order valence-corrected chi connectivity index (χ2v) is 4.74. The van der Waals surface area contributed by atoms with E-state index in [1.54, 1.807) is 6.20 Å². The summed E-state index contributed by atoms with van der Waals surface area (Å²) in [5.41, 5.74) is 0. The molecule has 1 aromatic heterocycles. The Bertz CT molecular complexity index is 332. The molecular weight excluding hydrogens is 208 g/mol. The lowest BCUT2D eigenvalue weighted by atomic mass is 10.5. The molecule has 1 N–H and O–H groups in total. The van der Waals surface area contributed by atoms with Gasteiger partial charge in [0.25, 0.3) is 0 Å². The van der Waals surface area contributed by atoms with Crippen LogP contribution in [0.4, 0.5) is 0 Å². The van der Waals surface area contributed by atoms with Gasteiger partial charge >= 0.3 is 0 Å². The predicted octanol–water partition coefficient (Wildman–Crippen LogP) is 1.49. The summed E-state index contributed by atoms with van der Waals surface area (Å²) in [7, 11) is 3.84. The summed E-state index contributed by atoms with van der Waals surface area (Å²) in [4.78, 5) is 8.83. The van der Waals surface area contributed by atoms with Crippen LogP contribution in [0.15, 0.2) is 17.4 Å². The van der Waals surface area contributed by atoms with Gasteiger partial charge in [-0.15, -0.1) is 11.8 Å². The highest BCUT2D eigenvalue weighted by atomic mass is 32.2. The van der Waals surface area contributed by atoms with Gasteiger partial charge in [0.1, 0.15) is 0 Å². The van der Waals surface area contributed by atoms with Crippen molar-refractivity contribution in [2.75, 3.05) is 12.8 Å². The third-order valence-electron chi connectivity index (χ3n) is 1.99. The average Bonchev–Trinajstić information content (AvgIpc) is 2.61. The number of hydrogen-bond donors (Lipinski definition) is 1. The quantitative estimate of drug-likeness (QED) is 0.624. The first-order valence-corrected chi connectivity index (χ1v) is 6.08. The van der Waals surface area contributed by atoms with E-state index in [9.17, 15) is 0 Å². The van der Waals surface area contributed by atoms with Gasteiger partial charge in [0, 0.05) is 26.5 Å². The maximum Gasteiger partial charge on any atom is 0.175 e. The number of nitrogens with one attached hydrogen (secondary N) is 1. The monoisotopic (exact) mass is 226 g/mol. The number of rotatable bonds is 4. The number of hydrogen-bond acceptors (Lipinski definition) is 3. The minimum absolute atomic E-state index is 0.258. The van der Waals surface area contributed by atoms with Gasteiger partial charge in [-0.25, -0.2) is 4.98 Å². The van der Waals surface area contributed by atoms with E-state index < -0.39 is 0 Å². The van der Waals surface area contributed by atoms with Crippen molar-refractivity contribution in [2.45, 2.75) is 19.2 Å². The Hall–Kier alpha value is -0.970. The molecule has 0 aromatic carbocycles. The number of aromatic nitrogens is 2. The molecule has 0 bridgehead atoms. The Morgan fingerprint density at radius 3 is 2.93 bits per heavy atom. The molecule has 0 fully saturated rings. The van der Waals surface area contributed by atoms with Crippen molar-refractivity contribution < 1.29 is 0 Å². The molecule has 0 saturated carbocycles. The molecule has 1 heterocycles. The van der Waals surface area contributed by atoms with Crippen molar-refractivity contribution in [3.05, 3.63) is 18.2 Å². The molecule has 0 radical (unpaired) electrons. The maximum absolute atomic E-state index is 4.57. The highest BCUT2D eigenvalue weighted by Gasteiger charge is 2.08. The van der Waals surface area contributed by atoms with Crippen molar-refractivity contribution in [1.29, 1.82) is 0 Å². The minimum Gasteiger partial charge on any atom is -0.370 e.